The molecule has 2 rings (SSSR count). The molecule has 0 radical (unpaired) electrons. The molecule has 2 aliphatic carbocycles. The van der Waals surface area contributed by atoms with Crippen molar-refractivity contribution in [3.8, 4) is 0 Å². The van der Waals surface area contributed by atoms with Crippen molar-refractivity contribution in [1.29, 1.82) is 0 Å². The lowest BCUT2D eigenvalue weighted by molar-refractivity contribution is -0.129. The van der Waals surface area contributed by atoms with Crippen LogP contribution in [0.1, 0.15) is 39.5 Å². The molecule has 0 amide bonds. The van der Waals surface area contributed by atoms with E-state index in [1.165, 1.54) is 18.4 Å². The third-order valence-corrected chi connectivity index (χ3v) is 6.11. The monoisotopic (exact) mass is 250 g/mol. The first-order chi connectivity index (χ1) is 7.74. The number of carbonyl (C=O) groups is 1. The Morgan fingerprint density at radius 1 is 1.29 bits per heavy atom. The number of ketones is 1. The number of hydrogen-bond donors (Lipinski definition) is 0. The highest BCUT2D eigenvalue weighted by Gasteiger charge is 2.51. The second-order valence-electron chi connectivity index (χ2n) is 7.43. The van der Waals surface area contributed by atoms with Crippen molar-refractivity contribution in [3.05, 3.63) is 11.3 Å². The van der Waals surface area contributed by atoms with E-state index in [2.05, 4.69) is 39.2 Å². The van der Waals surface area contributed by atoms with Crippen LogP contribution in [0.5, 0.6) is 0 Å². The summed E-state index contributed by atoms with van der Waals surface area (Å²) in [6, 6.07) is 0. The van der Waals surface area contributed by atoms with Crippen molar-refractivity contribution in [1.82, 2.24) is 0 Å². The zero-order valence-corrected chi connectivity index (χ0v) is 13.0. The highest BCUT2D eigenvalue weighted by Crippen LogP contribution is 2.56. The summed E-state index contributed by atoms with van der Waals surface area (Å²) >= 11 is 0. The molecule has 0 aromatic carbocycles. The van der Waals surface area contributed by atoms with E-state index in [0.717, 1.165) is 12.8 Å². The number of carbonyl (C=O) groups excluding carboxylic acids is 1. The Hall–Kier alpha value is -0.373. The third kappa shape index (κ3) is 2.29. The molecule has 0 saturated heterocycles. The predicted molar refractivity (Wildman–Crippen MR) is 75.7 cm³/mol. The Morgan fingerprint density at radius 3 is 2.53 bits per heavy atom. The van der Waals surface area contributed by atoms with Gasteiger partial charge in [0.25, 0.3) is 0 Å². The average molecular weight is 250 g/mol. The van der Waals surface area contributed by atoms with Crippen LogP contribution in [0.4, 0.5) is 0 Å². The second kappa shape index (κ2) is 4.08. The van der Waals surface area contributed by atoms with Crippen LogP contribution in [0.25, 0.3) is 0 Å². The molecule has 0 N–H and O–H groups in total. The first kappa shape index (κ1) is 13.1. The van der Waals surface area contributed by atoms with Crippen LogP contribution >= 0.6 is 0 Å². The van der Waals surface area contributed by atoms with Crippen LogP contribution in [-0.2, 0) is 4.79 Å². The fraction of sp³-hybridized carbons (Fsp3) is 0.800. The van der Waals surface area contributed by atoms with Gasteiger partial charge >= 0.3 is 0 Å². The number of rotatable bonds is 1. The molecule has 0 heterocycles. The number of fused-ring (bicyclic) bond motifs is 1. The zero-order valence-electron chi connectivity index (χ0n) is 12.0. The van der Waals surface area contributed by atoms with Gasteiger partial charge in [0.15, 0.2) is 0 Å². The van der Waals surface area contributed by atoms with E-state index in [1.807, 2.05) is 0 Å². The Morgan fingerprint density at radius 2 is 1.94 bits per heavy atom. The molecule has 1 nitrogen and oxygen atoms in total. The molecule has 0 aromatic heterocycles. The summed E-state index contributed by atoms with van der Waals surface area (Å²) in [4.78, 5) is 12.3. The van der Waals surface area contributed by atoms with Gasteiger partial charge in [0, 0.05) is 12.3 Å². The van der Waals surface area contributed by atoms with Crippen molar-refractivity contribution < 1.29 is 4.79 Å². The fourth-order valence-corrected chi connectivity index (χ4v) is 5.20. The van der Waals surface area contributed by atoms with Crippen LogP contribution in [-0.4, -0.2) is 13.9 Å². The minimum Gasteiger partial charge on any atom is -0.299 e. The number of hydrogen-bond acceptors (Lipinski definition) is 1. The SMILES string of the molecule is C[C@H]1CCC(=O)[C@@H]2/C(=C/[Si](C)(C)C)CC[C@@]21C. The van der Waals surface area contributed by atoms with E-state index in [1.54, 1.807) is 0 Å². The maximum atomic E-state index is 12.3. The van der Waals surface area contributed by atoms with Crippen LogP contribution in [0, 0.1) is 17.3 Å². The highest BCUT2D eigenvalue weighted by atomic mass is 28.3. The minimum atomic E-state index is -1.20. The second-order valence-corrected chi connectivity index (χ2v) is 12.5. The fourth-order valence-electron chi connectivity index (χ4n) is 3.78. The summed E-state index contributed by atoms with van der Waals surface area (Å²) in [6.45, 7) is 11.8. The lowest BCUT2D eigenvalue weighted by atomic mass is 9.62. The molecular formula is C15H26OSi. The smallest absolute Gasteiger partial charge is 0.140 e. The van der Waals surface area contributed by atoms with E-state index in [-0.39, 0.29) is 11.3 Å². The summed E-state index contributed by atoms with van der Waals surface area (Å²) in [7, 11) is -1.20. The van der Waals surface area contributed by atoms with Crippen LogP contribution in [0.2, 0.25) is 19.6 Å². The van der Waals surface area contributed by atoms with Gasteiger partial charge in [-0.05, 0) is 30.6 Å². The molecule has 3 atom stereocenters. The van der Waals surface area contributed by atoms with Crippen molar-refractivity contribution in [2.45, 2.75) is 59.2 Å². The zero-order chi connectivity index (χ0) is 12.8. The largest absolute Gasteiger partial charge is 0.299 e. The molecule has 0 spiro atoms. The molecule has 0 unspecified atom stereocenters. The van der Waals surface area contributed by atoms with Gasteiger partial charge < -0.3 is 0 Å². The van der Waals surface area contributed by atoms with Crippen molar-refractivity contribution in [3.63, 3.8) is 0 Å². The van der Waals surface area contributed by atoms with E-state index in [9.17, 15) is 4.79 Å². The van der Waals surface area contributed by atoms with Crippen LogP contribution in [0.15, 0.2) is 11.3 Å². The molecule has 0 bridgehead atoms. The van der Waals surface area contributed by atoms with Gasteiger partial charge in [0.1, 0.15) is 5.78 Å². The highest BCUT2D eigenvalue weighted by molar-refractivity contribution is 6.81. The molecule has 96 valence electrons. The van der Waals surface area contributed by atoms with Gasteiger partial charge in [0.05, 0.1) is 8.07 Å². The summed E-state index contributed by atoms with van der Waals surface area (Å²) in [6.07, 6.45) is 4.30. The van der Waals surface area contributed by atoms with Gasteiger partial charge in [0.2, 0.25) is 0 Å². The average Bonchev–Trinajstić information content (AvgIpc) is 2.50. The Bertz CT molecular complexity index is 364. The number of allylic oxidation sites excluding steroid dienone is 1. The summed E-state index contributed by atoms with van der Waals surface area (Å²) in [5.74, 6) is 1.49. The topological polar surface area (TPSA) is 17.1 Å². The molecule has 17 heavy (non-hydrogen) atoms. The minimum absolute atomic E-state index is 0.262. The summed E-state index contributed by atoms with van der Waals surface area (Å²) in [5, 5.41) is 0. The summed E-state index contributed by atoms with van der Waals surface area (Å²) in [5.41, 5.74) is 4.25. The molecule has 2 fully saturated rings. The lowest BCUT2D eigenvalue weighted by Crippen LogP contribution is -2.40. The van der Waals surface area contributed by atoms with E-state index in [0.29, 0.717) is 11.7 Å². The molecule has 2 heteroatoms. The van der Waals surface area contributed by atoms with E-state index < -0.39 is 8.07 Å². The van der Waals surface area contributed by atoms with Gasteiger partial charge in [-0.1, -0.05) is 44.8 Å². The maximum absolute atomic E-state index is 12.3. The number of Topliss-reactive ketones (excluding diaryl/α,β-unsaturated/α-hetero) is 1. The quantitative estimate of drug-likeness (QED) is 0.637. The van der Waals surface area contributed by atoms with E-state index >= 15 is 0 Å². The molecule has 0 aliphatic heterocycles. The normalized spacial score (nSPS) is 40.8. The Labute approximate surface area is 107 Å². The predicted octanol–water partition coefficient (Wildman–Crippen LogP) is 4.21. The van der Waals surface area contributed by atoms with Crippen molar-refractivity contribution in [2.24, 2.45) is 17.3 Å². The van der Waals surface area contributed by atoms with Gasteiger partial charge in [-0.2, -0.15) is 0 Å². The molecule has 0 aromatic rings. The first-order valence-corrected chi connectivity index (χ1v) is 10.6. The maximum Gasteiger partial charge on any atom is 0.140 e. The standard InChI is InChI=1S/C15H26OSi/c1-11-6-7-13(16)14-12(10-17(3,4)5)8-9-15(11,14)2/h10-11,14H,6-9H2,1-5H3/b12-10+/t11-,14-,15+/m0/s1. The molecular weight excluding hydrogens is 224 g/mol. The Kier molecular flexibility index (Phi) is 3.14. The summed E-state index contributed by atoms with van der Waals surface area (Å²) < 4.78 is 0. The van der Waals surface area contributed by atoms with Crippen LogP contribution < -0.4 is 0 Å². The van der Waals surface area contributed by atoms with Crippen molar-refractivity contribution >= 4 is 13.9 Å². The van der Waals surface area contributed by atoms with Gasteiger partial charge in [-0.15, -0.1) is 0 Å². The van der Waals surface area contributed by atoms with Crippen molar-refractivity contribution in [2.75, 3.05) is 0 Å². The van der Waals surface area contributed by atoms with Gasteiger partial charge in [-0.25, -0.2) is 0 Å². The van der Waals surface area contributed by atoms with Crippen LogP contribution in [0.3, 0.4) is 0 Å². The first-order valence-electron chi connectivity index (χ1n) is 6.98. The molecule has 2 saturated carbocycles. The van der Waals surface area contributed by atoms with Gasteiger partial charge in [-0.3, -0.25) is 4.79 Å². The van der Waals surface area contributed by atoms with E-state index in [4.69, 9.17) is 0 Å². The Balaban J connectivity index is 2.36. The lowest BCUT2D eigenvalue weighted by Gasteiger charge is -2.41. The molecule has 2 aliphatic rings. The third-order valence-electron chi connectivity index (χ3n) is 4.87.